The molecular formula is C111H119NO29S. The van der Waals surface area contributed by atoms with Crippen LogP contribution in [0.25, 0.3) is 52.1 Å². The van der Waals surface area contributed by atoms with Crippen LogP contribution in [0.1, 0.15) is 113 Å². The quantitative estimate of drug-likeness (QED) is 0.0302. The third-order valence-electron chi connectivity index (χ3n) is 24.1. The zero-order chi connectivity index (χ0) is 102. The molecule has 7 fully saturated rings. The minimum Gasteiger partial charge on any atom is -0.496 e. The Hall–Kier alpha value is -14.0. The van der Waals surface area contributed by atoms with Gasteiger partial charge in [0.05, 0.1) is 134 Å². The van der Waals surface area contributed by atoms with E-state index in [2.05, 4.69) is 14.5 Å². The maximum Gasteiger partial charge on any atom is 0.319 e. The van der Waals surface area contributed by atoms with Crippen molar-refractivity contribution in [2.45, 2.75) is 108 Å². The number of thiophene rings is 1. The van der Waals surface area contributed by atoms with E-state index >= 15 is 0 Å². The minimum absolute atomic E-state index is 0.112. The fourth-order valence-corrected chi connectivity index (χ4v) is 17.2. The molecule has 748 valence electrons. The van der Waals surface area contributed by atoms with Gasteiger partial charge in [-0.3, -0.25) is 67.1 Å². The molecule has 142 heavy (non-hydrogen) atoms. The molecule has 0 spiro atoms. The van der Waals surface area contributed by atoms with E-state index in [0.29, 0.717) is 52.0 Å². The molecule has 2 aromatic heterocycles. The number of benzene rings is 7. The fraction of sp³-hybridized carbons (Fsp3) is 0.351. The van der Waals surface area contributed by atoms with E-state index in [1.807, 2.05) is 245 Å². The van der Waals surface area contributed by atoms with E-state index in [9.17, 15) is 67.1 Å². The van der Waals surface area contributed by atoms with Crippen LogP contribution in [0.4, 0.5) is 0 Å². The van der Waals surface area contributed by atoms with E-state index in [1.54, 1.807) is 54.9 Å². The van der Waals surface area contributed by atoms with Gasteiger partial charge in [0.2, 0.25) is 0 Å². The molecule has 0 amide bonds. The number of methoxy groups -OCH3 is 8. The normalized spacial score (nSPS) is 22.9. The molecule has 0 saturated carbocycles. The smallest absolute Gasteiger partial charge is 0.319 e. The summed E-state index contributed by atoms with van der Waals surface area (Å²) in [6.07, 6.45) is 19.9. The largest absolute Gasteiger partial charge is 0.496 e. The summed E-state index contributed by atoms with van der Waals surface area (Å²) in [5.74, 6) is -9.97. The second-order valence-electron chi connectivity index (χ2n) is 33.3. The van der Waals surface area contributed by atoms with Crippen molar-refractivity contribution in [1.29, 1.82) is 0 Å². The SMILES string of the molecule is COC(=O)[C@H]1C(=O)CCO[C@@H]1/C(C)=C/c1ccccc1.COC(=O)[C@H]1C(=O)CCO[C@@H]1/C=C/C=C/c1ccccc1.COC(=O)[C@H]1C(=O)CCO[C@@H]1/C=C/c1c[nH]c2ccccc12.COC(=O)[C@H]1C(=O)CCO[C@@H]1/C=C/c1cccc2ccccc12.COC(=O)[C@H]1C(=O)CCO[C@@H]1/C=C/c1cccs1.COC(=O)[C@H]1C(=O)CCO[C@@H]1c1ccc(C)c(OC)c1.COC(=O)[C@H]1C(=O)CCO[C@@H]1c1ccc(C)cc1. The lowest BCUT2D eigenvalue weighted by molar-refractivity contribution is -0.163. The lowest BCUT2D eigenvalue weighted by atomic mass is 9.88. The van der Waals surface area contributed by atoms with E-state index in [4.69, 9.17) is 61.6 Å². The molecule has 1 N–H and O–H groups in total. The third-order valence-corrected chi connectivity index (χ3v) is 24.9. The summed E-state index contributed by atoms with van der Waals surface area (Å²) < 4.78 is 77.2. The van der Waals surface area contributed by atoms with Crippen LogP contribution in [0, 0.1) is 55.3 Å². The van der Waals surface area contributed by atoms with Gasteiger partial charge in [-0.05, 0) is 106 Å². The second-order valence-corrected chi connectivity index (χ2v) is 34.3. The fourth-order valence-electron chi connectivity index (χ4n) is 16.6. The lowest BCUT2D eigenvalue weighted by Gasteiger charge is -2.29. The Kier molecular flexibility index (Phi) is 43.7. The van der Waals surface area contributed by atoms with Crippen LogP contribution in [0.5, 0.6) is 5.75 Å². The highest BCUT2D eigenvalue weighted by Crippen LogP contribution is 2.38. The van der Waals surface area contributed by atoms with Gasteiger partial charge in [-0.2, -0.15) is 0 Å². The second kappa shape index (κ2) is 56.4. The lowest BCUT2D eigenvalue weighted by Crippen LogP contribution is -2.43. The highest BCUT2D eigenvalue weighted by molar-refractivity contribution is 7.10. The van der Waals surface area contributed by atoms with Crippen LogP contribution < -0.4 is 4.74 Å². The number of allylic oxidation sites excluding steroid dienone is 2. The molecule has 9 aromatic rings. The minimum atomic E-state index is -0.902. The molecule has 0 aliphatic carbocycles. The number of H-pyrrole nitrogens is 1. The molecule has 7 saturated heterocycles. The number of nitrogens with one attached hydrogen (secondary N) is 1. The third kappa shape index (κ3) is 30.7. The van der Waals surface area contributed by atoms with Crippen LogP contribution in [-0.2, 0) is 133 Å². The Labute approximate surface area is 828 Å². The molecule has 7 aliphatic heterocycles. The van der Waals surface area contributed by atoms with Gasteiger partial charge < -0.3 is 76.0 Å². The maximum absolute atomic E-state index is 12.0. The first-order chi connectivity index (χ1) is 68.7. The average Bonchev–Trinajstić information content (AvgIpc) is 0.900. The van der Waals surface area contributed by atoms with Crippen molar-refractivity contribution < 1.29 is 138 Å². The molecule has 16 rings (SSSR count). The molecule has 7 aromatic carbocycles. The Balaban J connectivity index is 0.000000171. The number of esters is 7. The number of carbonyl (C=O) groups is 14. The Morgan fingerprint density at radius 3 is 1.23 bits per heavy atom. The Morgan fingerprint density at radius 2 is 0.746 bits per heavy atom. The van der Waals surface area contributed by atoms with E-state index in [0.717, 1.165) is 76.6 Å². The summed E-state index contributed by atoms with van der Waals surface area (Å²) in [6, 6.07) is 58.6. The summed E-state index contributed by atoms with van der Waals surface area (Å²) >= 11 is 1.58. The van der Waals surface area contributed by atoms with Gasteiger partial charge in [0.15, 0.2) is 40.5 Å². The number of para-hydroxylation sites is 1. The van der Waals surface area contributed by atoms with Gasteiger partial charge in [0.25, 0.3) is 0 Å². The predicted molar refractivity (Wildman–Crippen MR) is 529 cm³/mol. The molecular weight excluding hydrogens is 1840 g/mol. The number of carbonyl (C=O) groups excluding carboxylic acids is 14. The van der Waals surface area contributed by atoms with Crippen molar-refractivity contribution in [3.05, 3.63) is 285 Å². The summed E-state index contributed by atoms with van der Waals surface area (Å²) in [6.45, 7) is 8.13. The standard InChI is InChI=1S/C19H18O4.C17H17NO4.C17H18O4.C16H18O4.C15H18O5.C14H16O4.C13H14O4S/c1-22-19(21)18-16(20)11-12-23-17(18)10-9-14-7-4-6-13-5-2-3-8-15(13)14;1-21-17(20)16-14(19)8-9-22-15(16)7-6-11-10-18-13-5-3-2-4-12(11)13;1-20-17(19)16-14(18)11-12-21-15(16)10-6-5-9-13-7-3-2-4-8-13;1-11(10-12-6-4-3-5-7-12)15-14(16(18)19-2)13(17)8-9-20-15;1-9-4-5-10(8-12(9)18-2)14-13(15(17)19-3)11(16)6-7-20-14;1-9-3-5-10(6-4-9)13-12(14(16)17-2)11(15)7-8-18-13;1-16-13(15)12-10(14)6-7-17-11(12)5-4-9-3-2-8-18-9/h2-10,17-18H,11-12H2,1H3;2-7,10,15-16,18H,8-9H2,1H3;2-10,15-16H,11-12H2,1H3;3-7,10,14-15H,8-9H2,1-2H3;4-5,8,13-14H,6-7H2,1-3H3;3-6,12-13H,7-8H2,1-2H3;2-5,8,11-12H,6-7H2,1H3/b10-9+;7-6+;9-5+,10-6+;11-10+;;;5-4+/t17-,18+;2*15-,16+;14-,15+;13-,14+;12-,13+;11-,12+/m1110001/s1. The first kappa shape index (κ1) is 110. The first-order valence-corrected chi connectivity index (χ1v) is 47.1. The number of Topliss-reactive ketones (excluding diaryl/α,β-unsaturated/α-hetero) is 7. The van der Waals surface area contributed by atoms with Crippen molar-refractivity contribution in [2.24, 2.45) is 41.4 Å². The predicted octanol–water partition coefficient (Wildman–Crippen LogP) is 15.5. The van der Waals surface area contributed by atoms with Gasteiger partial charge in [-0.15, -0.1) is 11.3 Å². The van der Waals surface area contributed by atoms with Gasteiger partial charge >= 0.3 is 41.8 Å². The Bertz CT molecular complexity index is 5950. The summed E-state index contributed by atoms with van der Waals surface area (Å²) in [4.78, 5) is 170. The average molecular weight is 1960 g/mol. The summed E-state index contributed by atoms with van der Waals surface area (Å²) in [5, 5.41) is 5.29. The van der Waals surface area contributed by atoms with Gasteiger partial charge in [-0.1, -0.05) is 230 Å². The van der Waals surface area contributed by atoms with E-state index in [-0.39, 0.29) is 85.4 Å². The zero-order valence-electron chi connectivity index (χ0n) is 81.1. The number of fused-ring (bicyclic) bond motifs is 2. The number of rotatable bonds is 21. The van der Waals surface area contributed by atoms with Crippen LogP contribution >= 0.6 is 11.3 Å². The summed E-state index contributed by atoms with van der Waals surface area (Å²) in [5.41, 5.74) is 9.66. The van der Waals surface area contributed by atoms with Crippen molar-refractivity contribution in [3.8, 4) is 5.75 Å². The molecule has 9 heterocycles. The highest BCUT2D eigenvalue weighted by Gasteiger charge is 2.46. The first-order valence-electron chi connectivity index (χ1n) is 46.2. The van der Waals surface area contributed by atoms with Crippen LogP contribution in [-0.4, -0.2) is 221 Å². The number of aromatic amines is 1. The molecule has 0 bridgehead atoms. The Morgan fingerprint density at radius 1 is 0.352 bits per heavy atom. The molecule has 14 atom stereocenters. The number of aromatic nitrogens is 1. The molecule has 0 radical (unpaired) electrons. The van der Waals surface area contributed by atoms with Gasteiger partial charge in [-0.25, -0.2) is 0 Å². The zero-order valence-corrected chi connectivity index (χ0v) is 81.9. The highest BCUT2D eigenvalue weighted by atomic mass is 32.1. The van der Waals surface area contributed by atoms with Crippen molar-refractivity contribution in [2.75, 3.05) is 103 Å². The topological polar surface area (TPSA) is 393 Å². The van der Waals surface area contributed by atoms with Crippen LogP contribution in [0.3, 0.4) is 0 Å². The van der Waals surface area contributed by atoms with Crippen molar-refractivity contribution >= 4 is 146 Å². The van der Waals surface area contributed by atoms with E-state index < -0.39 is 126 Å². The molecule has 31 heteroatoms. The van der Waals surface area contributed by atoms with E-state index in [1.165, 1.54) is 49.8 Å². The maximum atomic E-state index is 12.0. The number of aryl methyl sites for hydroxylation is 2. The number of hydrogen-bond donors (Lipinski definition) is 1. The van der Waals surface area contributed by atoms with Crippen molar-refractivity contribution in [1.82, 2.24) is 4.98 Å². The van der Waals surface area contributed by atoms with Crippen LogP contribution in [0.2, 0.25) is 0 Å². The number of ketones is 7. The monoisotopic (exact) mass is 1960 g/mol. The van der Waals surface area contributed by atoms with Crippen molar-refractivity contribution in [3.63, 3.8) is 0 Å². The summed E-state index contributed by atoms with van der Waals surface area (Å²) in [7, 11) is 10.6. The molecule has 30 nitrogen and oxygen atoms in total. The van der Waals surface area contributed by atoms with Gasteiger partial charge in [0.1, 0.15) is 59.4 Å². The number of hydrogen-bond acceptors (Lipinski definition) is 30. The number of ether oxygens (including phenoxy) is 15. The molecule has 7 aliphatic rings. The van der Waals surface area contributed by atoms with Gasteiger partial charge in [0, 0.05) is 66.9 Å². The van der Waals surface area contributed by atoms with Crippen LogP contribution in [0.15, 0.2) is 236 Å². The molecule has 0 unspecified atom stereocenters.